The van der Waals surface area contributed by atoms with E-state index in [1.807, 2.05) is 6.08 Å². The lowest BCUT2D eigenvalue weighted by molar-refractivity contribution is 0.445. The third-order valence-electron chi connectivity index (χ3n) is 3.96. The molecule has 1 fully saturated rings. The van der Waals surface area contributed by atoms with Crippen LogP contribution < -0.4 is 0 Å². The minimum absolute atomic E-state index is 0.731. The summed E-state index contributed by atoms with van der Waals surface area (Å²) in [5.74, 6) is 1.63. The smallest absolute Gasteiger partial charge is 0.0202 e. The summed E-state index contributed by atoms with van der Waals surface area (Å²) in [6, 6.07) is 0. The Bertz CT molecular complexity index is 192. The highest BCUT2D eigenvalue weighted by Gasteiger charge is 2.22. The van der Waals surface area contributed by atoms with Gasteiger partial charge in [-0.1, -0.05) is 77.7 Å². The molecular weight excluding hydrogens is 216 g/mol. The van der Waals surface area contributed by atoms with E-state index in [4.69, 9.17) is 13.2 Å². The molecule has 0 aromatic carbocycles. The van der Waals surface area contributed by atoms with E-state index in [2.05, 4.69) is 13.8 Å². The average Bonchev–Trinajstić information content (AvgIpc) is 2.87. The Labute approximate surface area is 116 Å². The van der Waals surface area contributed by atoms with Gasteiger partial charge in [-0.25, -0.2) is 0 Å². The Balaban J connectivity index is 0.000000321. The summed E-state index contributed by atoms with van der Waals surface area (Å²) in [6.45, 7) is 15.2. The Morgan fingerprint density at radius 3 is 2.22 bits per heavy atom. The van der Waals surface area contributed by atoms with Crippen LogP contribution in [0.1, 0.15) is 78.1 Å². The predicted octanol–water partition coefficient (Wildman–Crippen LogP) is 6.14. The average molecular weight is 248 g/mol. The molecule has 0 aliphatic heterocycles. The normalized spacial score (nSPS) is 22.1. The molecule has 2 unspecified atom stereocenters. The lowest BCUT2D eigenvalue weighted by Gasteiger charge is -2.11. The molecule has 0 saturated heterocycles. The maximum absolute atomic E-state index is 5.47. The van der Waals surface area contributed by atoms with Crippen LogP contribution in [0.2, 0.25) is 0 Å². The maximum atomic E-state index is 5.47. The van der Waals surface area contributed by atoms with Crippen molar-refractivity contribution < 1.29 is 0 Å². The summed E-state index contributed by atoms with van der Waals surface area (Å²) in [4.78, 5) is 0. The van der Waals surface area contributed by atoms with Crippen molar-refractivity contribution in [1.29, 1.82) is 0 Å². The van der Waals surface area contributed by atoms with Crippen molar-refractivity contribution in [2.24, 2.45) is 11.8 Å². The Morgan fingerprint density at radius 1 is 1.00 bits per heavy atom. The molecule has 0 aromatic heterocycles. The summed E-state index contributed by atoms with van der Waals surface area (Å²) in [5.41, 5.74) is 0. The van der Waals surface area contributed by atoms with Gasteiger partial charge in [-0.15, -0.1) is 0 Å². The van der Waals surface area contributed by atoms with Crippen LogP contribution in [-0.4, -0.2) is 0 Å². The number of hydrogen-bond acceptors (Lipinski definition) is 0. The minimum atomic E-state index is 0.731. The Kier molecular flexibility index (Phi) is 12.6. The molecule has 1 aliphatic rings. The van der Waals surface area contributed by atoms with Gasteiger partial charge in [0, 0.05) is 0 Å². The highest BCUT2D eigenvalue weighted by atomic mass is 14.3. The van der Waals surface area contributed by atoms with Crippen LogP contribution in [0.3, 0.4) is 0 Å². The van der Waals surface area contributed by atoms with Crippen molar-refractivity contribution in [3.63, 3.8) is 0 Å². The predicted molar refractivity (Wildman–Crippen MR) is 82.2 cm³/mol. The summed E-state index contributed by atoms with van der Waals surface area (Å²) in [7, 11) is 0. The summed E-state index contributed by atoms with van der Waals surface area (Å²) >= 11 is 0. The van der Waals surface area contributed by atoms with Gasteiger partial charge in [0.25, 0.3) is 0 Å². The largest absolute Gasteiger partial charge is 0.0845 e. The third-order valence-corrected chi connectivity index (χ3v) is 3.96. The van der Waals surface area contributed by atoms with Crippen molar-refractivity contribution in [3.05, 3.63) is 25.3 Å². The molecule has 2 atom stereocenters. The first kappa shape index (κ1) is 17.5. The van der Waals surface area contributed by atoms with Crippen molar-refractivity contribution in [3.8, 4) is 0 Å². The molecule has 1 rings (SSSR count). The quantitative estimate of drug-likeness (QED) is 0.453. The molecule has 2 radical (unpaired) electrons. The Hall–Kier alpha value is -0.520. The molecule has 0 amide bonds. The van der Waals surface area contributed by atoms with E-state index in [0.717, 1.165) is 18.3 Å². The van der Waals surface area contributed by atoms with Crippen LogP contribution in [0.4, 0.5) is 0 Å². The number of allylic oxidation sites excluding steroid dienone is 2. The fourth-order valence-electron chi connectivity index (χ4n) is 2.69. The molecule has 0 N–H and O–H groups in total. The van der Waals surface area contributed by atoms with Crippen LogP contribution in [0.5, 0.6) is 0 Å². The first-order valence-electron chi connectivity index (χ1n) is 7.88. The summed E-state index contributed by atoms with van der Waals surface area (Å²) in [6.07, 6.45) is 16.9. The molecule has 0 spiro atoms. The zero-order chi connectivity index (χ0) is 13.6. The minimum Gasteiger partial charge on any atom is -0.0845 e. The van der Waals surface area contributed by atoms with Gasteiger partial charge in [0.2, 0.25) is 0 Å². The lowest BCUT2D eigenvalue weighted by Crippen LogP contribution is -2.02. The van der Waals surface area contributed by atoms with Gasteiger partial charge >= 0.3 is 0 Å². The van der Waals surface area contributed by atoms with E-state index in [1.165, 1.54) is 57.8 Å². The standard InChI is InChI=1S/C9H15.C9H17/c1-3-8-6-5-7-9(8)4-2;1-3-5-7-9-8-6-4-2/h1,3,8-9H,4-7H2,2H3;1,3H,4-9H2,2H3. The molecule has 0 nitrogen and oxygen atoms in total. The second kappa shape index (κ2) is 12.9. The summed E-state index contributed by atoms with van der Waals surface area (Å²) < 4.78 is 0. The van der Waals surface area contributed by atoms with Gasteiger partial charge in [0.05, 0.1) is 0 Å². The van der Waals surface area contributed by atoms with Crippen LogP contribution in [0.15, 0.2) is 12.2 Å². The fraction of sp³-hybridized carbons (Fsp3) is 0.778. The molecule has 104 valence electrons. The monoisotopic (exact) mass is 248 g/mol. The molecule has 0 heterocycles. The molecule has 0 heteroatoms. The molecular formula is C18H32. The molecule has 1 saturated carbocycles. The Morgan fingerprint density at radius 2 is 1.72 bits per heavy atom. The van der Waals surface area contributed by atoms with E-state index >= 15 is 0 Å². The van der Waals surface area contributed by atoms with Crippen LogP contribution in [0, 0.1) is 25.0 Å². The topological polar surface area (TPSA) is 0 Å². The second-order valence-electron chi connectivity index (χ2n) is 5.39. The number of unbranched alkanes of at least 4 members (excludes halogenated alkanes) is 5. The first-order chi connectivity index (χ1) is 8.79. The lowest BCUT2D eigenvalue weighted by atomic mass is 9.94. The van der Waals surface area contributed by atoms with Crippen LogP contribution >= 0.6 is 0 Å². The van der Waals surface area contributed by atoms with Gasteiger partial charge in [0.1, 0.15) is 0 Å². The zero-order valence-electron chi connectivity index (χ0n) is 12.5. The molecule has 1 aliphatic carbocycles. The van der Waals surface area contributed by atoms with E-state index in [1.54, 1.807) is 6.08 Å². The summed E-state index contributed by atoms with van der Waals surface area (Å²) in [5, 5.41) is 0. The van der Waals surface area contributed by atoms with Crippen molar-refractivity contribution >= 4 is 0 Å². The van der Waals surface area contributed by atoms with Crippen molar-refractivity contribution in [2.45, 2.75) is 78.1 Å². The zero-order valence-corrected chi connectivity index (χ0v) is 12.5. The maximum Gasteiger partial charge on any atom is -0.0202 e. The first-order valence-corrected chi connectivity index (χ1v) is 7.88. The van der Waals surface area contributed by atoms with E-state index in [9.17, 15) is 0 Å². The van der Waals surface area contributed by atoms with E-state index < -0.39 is 0 Å². The second-order valence-corrected chi connectivity index (χ2v) is 5.39. The molecule has 0 aromatic rings. The van der Waals surface area contributed by atoms with Gasteiger partial charge in [-0.3, -0.25) is 0 Å². The van der Waals surface area contributed by atoms with Gasteiger partial charge in [0.15, 0.2) is 0 Å². The van der Waals surface area contributed by atoms with Gasteiger partial charge in [-0.2, -0.15) is 0 Å². The highest BCUT2D eigenvalue weighted by Crippen LogP contribution is 2.34. The third kappa shape index (κ3) is 8.55. The number of hydrogen-bond donors (Lipinski definition) is 0. The van der Waals surface area contributed by atoms with Gasteiger partial charge in [-0.05, 0) is 37.5 Å². The molecule has 18 heavy (non-hydrogen) atoms. The van der Waals surface area contributed by atoms with Crippen LogP contribution in [0.25, 0.3) is 0 Å². The van der Waals surface area contributed by atoms with E-state index in [0.29, 0.717) is 0 Å². The number of rotatable bonds is 8. The van der Waals surface area contributed by atoms with Gasteiger partial charge < -0.3 is 0 Å². The van der Waals surface area contributed by atoms with Crippen molar-refractivity contribution in [2.75, 3.05) is 0 Å². The molecule has 0 bridgehead atoms. The van der Waals surface area contributed by atoms with Crippen LogP contribution in [-0.2, 0) is 0 Å². The van der Waals surface area contributed by atoms with E-state index in [-0.39, 0.29) is 0 Å². The van der Waals surface area contributed by atoms with Crippen molar-refractivity contribution in [1.82, 2.24) is 0 Å². The SMILES string of the molecule is [CH]=CC1CCCC1CC.[CH]=CCCCCCCC. The fourth-order valence-corrected chi connectivity index (χ4v) is 2.69. The highest BCUT2D eigenvalue weighted by molar-refractivity contribution is 4.86.